The van der Waals surface area contributed by atoms with E-state index in [-0.39, 0.29) is 22.6 Å². The first-order chi connectivity index (χ1) is 11.7. The number of nitrogens with one attached hydrogen (secondary N) is 1. The van der Waals surface area contributed by atoms with Gasteiger partial charge >= 0.3 is 5.97 Å². The van der Waals surface area contributed by atoms with Crippen LogP contribution in [0.4, 0.5) is 0 Å². The Morgan fingerprint density at radius 3 is 2.28 bits per heavy atom. The van der Waals surface area contributed by atoms with E-state index < -0.39 is 27.9 Å². The van der Waals surface area contributed by atoms with E-state index in [1.54, 1.807) is 24.3 Å². The fourth-order valence-electron chi connectivity index (χ4n) is 2.09. The zero-order valence-corrected chi connectivity index (χ0v) is 13.7. The molecule has 2 aromatic carbocycles. The van der Waals surface area contributed by atoms with Crippen molar-refractivity contribution in [2.24, 2.45) is 5.73 Å². The smallest absolute Gasteiger partial charge is 0.320 e. The molecular weight excluding hydrogens is 348 g/mol. The lowest BCUT2D eigenvalue weighted by Gasteiger charge is -2.05. The van der Waals surface area contributed by atoms with Crippen molar-refractivity contribution in [1.82, 2.24) is 4.72 Å². The van der Waals surface area contributed by atoms with E-state index in [1.807, 2.05) is 4.72 Å². The van der Waals surface area contributed by atoms with Crippen LogP contribution in [0.3, 0.4) is 0 Å². The lowest BCUT2D eigenvalue weighted by atomic mass is 10.1. The zero-order chi connectivity index (χ0) is 18.6. The number of sulfonamides is 1. The molecule has 132 valence electrons. The number of benzene rings is 2. The van der Waals surface area contributed by atoms with Crippen molar-refractivity contribution in [3.05, 3.63) is 59.7 Å². The third-order valence-electron chi connectivity index (χ3n) is 3.36. The first-order valence-electron chi connectivity index (χ1n) is 7.13. The molecule has 3 rings (SSSR count). The van der Waals surface area contributed by atoms with Gasteiger partial charge in [0.25, 0.3) is 15.9 Å². The number of aromatic hydroxyl groups is 1. The zero-order valence-electron chi connectivity index (χ0n) is 12.9. The number of carboxylic acid groups (broad SMARTS) is 1. The fraction of sp³-hybridized carbons (Fsp3) is 0.125. The van der Waals surface area contributed by atoms with Crippen LogP contribution in [0.1, 0.15) is 15.9 Å². The Kier molecular flexibility index (Phi) is 5.40. The monoisotopic (exact) mass is 364 g/mol. The van der Waals surface area contributed by atoms with Gasteiger partial charge in [-0.05, 0) is 36.2 Å². The van der Waals surface area contributed by atoms with Crippen LogP contribution in [0.25, 0.3) is 0 Å². The summed E-state index contributed by atoms with van der Waals surface area (Å²) in [5.74, 6) is -1.41. The lowest BCUT2D eigenvalue weighted by molar-refractivity contribution is -0.138. The van der Waals surface area contributed by atoms with Crippen LogP contribution in [0, 0.1) is 0 Å². The fourth-order valence-corrected chi connectivity index (χ4v) is 3.27. The number of hydrogen-bond donors (Lipinski definition) is 4. The molecule has 0 saturated carbocycles. The first kappa shape index (κ1) is 18.4. The number of fused-ring (bicyclic) bond motifs is 1. The maximum Gasteiger partial charge on any atom is 0.320 e. The highest BCUT2D eigenvalue weighted by Crippen LogP contribution is 2.20. The van der Waals surface area contributed by atoms with Crippen molar-refractivity contribution >= 4 is 21.9 Å². The Hall–Kier alpha value is -2.91. The van der Waals surface area contributed by atoms with Crippen molar-refractivity contribution in [3.8, 4) is 5.75 Å². The minimum atomic E-state index is -3.55. The van der Waals surface area contributed by atoms with E-state index in [9.17, 15) is 18.0 Å². The molecule has 1 atom stereocenters. The minimum Gasteiger partial charge on any atom is -0.508 e. The van der Waals surface area contributed by atoms with Crippen molar-refractivity contribution in [2.45, 2.75) is 17.4 Å². The second kappa shape index (κ2) is 7.32. The van der Waals surface area contributed by atoms with Gasteiger partial charge in [0.15, 0.2) is 0 Å². The highest BCUT2D eigenvalue weighted by atomic mass is 32.2. The predicted octanol–water partition coefficient (Wildman–Crippen LogP) is 0.465. The molecule has 0 radical (unpaired) electrons. The molecular formula is C16H16N2O6S. The van der Waals surface area contributed by atoms with Crippen molar-refractivity contribution in [2.75, 3.05) is 0 Å². The SMILES string of the molecule is N[C@@H](Cc1ccc(O)cc1)C(=O)O.O=C1NS(=O)(=O)c2ccccc21. The maximum atomic E-state index is 11.1. The summed E-state index contributed by atoms with van der Waals surface area (Å²) in [6.45, 7) is 0. The van der Waals surface area contributed by atoms with E-state index in [2.05, 4.69) is 0 Å². The molecule has 1 amide bonds. The quantitative estimate of drug-likeness (QED) is 0.619. The number of phenolic OH excluding ortho intramolecular Hbond substituents is 1. The molecule has 0 saturated heterocycles. The minimum absolute atomic E-state index is 0.0648. The van der Waals surface area contributed by atoms with E-state index in [0.717, 1.165) is 5.56 Å². The molecule has 0 aliphatic carbocycles. The van der Waals surface area contributed by atoms with Crippen LogP contribution in [-0.2, 0) is 21.2 Å². The number of rotatable bonds is 3. The molecule has 0 fully saturated rings. The topological polar surface area (TPSA) is 147 Å². The average molecular weight is 364 g/mol. The van der Waals surface area contributed by atoms with Gasteiger partial charge in [-0.2, -0.15) is 0 Å². The molecule has 5 N–H and O–H groups in total. The second-order valence-corrected chi connectivity index (χ2v) is 6.90. The number of carboxylic acids is 1. The number of phenols is 1. The maximum absolute atomic E-state index is 11.1. The largest absolute Gasteiger partial charge is 0.508 e. The van der Waals surface area contributed by atoms with Crippen LogP contribution in [0.2, 0.25) is 0 Å². The molecule has 1 aliphatic rings. The Balaban J connectivity index is 0.000000181. The van der Waals surface area contributed by atoms with Gasteiger partial charge in [-0.15, -0.1) is 0 Å². The molecule has 25 heavy (non-hydrogen) atoms. The summed E-state index contributed by atoms with van der Waals surface area (Å²) >= 11 is 0. The Labute approximate surface area is 144 Å². The van der Waals surface area contributed by atoms with Crippen LogP contribution in [0.5, 0.6) is 5.75 Å². The molecule has 0 aromatic heterocycles. The van der Waals surface area contributed by atoms with Gasteiger partial charge in [-0.25, -0.2) is 13.1 Å². The molecule has 0 unspecified atom stereocenters. The first-order valence-corrected chi connectivity index (χ1v) is 8.61. The Bertz CT molecular complexity index is 893. The number of hydrogen-bond acceptors (Lipinski definition) is 6. The molecule has 9 heteroatoms. The van der Waals surface area contributed by atoms with Gasteiger partial charge < -0.3 is 15.9 Å². The number of nitrogens with two attached hydrogens (primary N) is 1. The van der Waals surface area contributed by atoms with E-state index in [4.69, 9.17) is 15.9 Å². The molecule has 0 bridgehead atoms. The normalized spacial score (nSPS) is 15.3. The third-order valence-corrected chi connectivity index (χ3v) is 4.75. The Morgan fingerprint density at radius 1 is 1.12 bits per heavy atom. The highest BCUT2D eigenvalue weighted by Gasteiger charge is 2.31. The van der Waals surface area contributed by atoms with Gasteiger partial charge in [0, 0.05) is 0 Å². The molecule has 8 nitrogen and oxygen atoms in total. The van der Waals surface area contributed by atoms with Crippen molar-refractivity contribution in [1.29, 1.82) is 0 Å². The van der Waals surface area contributed by atoms with Crippen LogP contribution < -0.4 is 10.5 Å². The standard InChI is InChI=1S/C9H11NO3.C7H5NO3S/c10-8(9(12)13)5-6-1-3-7(11)4-2-6;9-7-5-3-1-2-4-6(5)12(10,11)8-7/h1-4,8,11H,5,10H2,(H,12,13);1-4H,(H,8,9)/t8-;/m0./s1. The van der Waals surface area contributed by atoms with E-state index in [0.29, 0.717) is 0 Å². The molecule has 1 aliphatic heterocycles. The highest BCUT2D eigenvalue weighted by molar-refractivity contribution is 7.90. The van der Waals surface area contributed by atoms with Crippen LogP contribution >= 0.6 is 0 Å². The van der Waals surface area contributed by atoms with Crippen molar-refractivity contribution < 1.29 is 28.2 Å². The lowest BCUT2D eigenvalue weighted by Crippen LogP contribution is -2.32. The summed E-state index contributed by atoms with van der Waals surface area (Å²) in [6, 6.07) is 11.5. The molecule has 0 spiro atoms. The average Bonchev–Trinajstić information content (AvgIpc) is 2.80. The molecule has 1 heterocycles. The number of carbonyl (C=O) groups is 2. The van der Waals surface area contributed by atoms with Gasteiger partial charge in [0.1, 0.15) is 16.7 Å². The van der Waals surface area contributed by atoms with Crippen molar-refractivity contribution in [3.63, 3.8) is 0 Å². The van der Waals surface area contributed by atoms with E-state index >= 15 is 0 Å². The molecule has 2 aromatic rings. The number of aliphatic carboxylic acids is 1. The summed E-state index contributed by atoms with van der Waals surface area (Å²) < 4.78 is 24.2. The van der Waals surface area contributed by atoms with Gasteiger partial charge in [-0.1, -0.05) is 24.3 Å². The van der Waals surface area contributed by atoms with Gasteiger partial charge in [0.2, 0.25) is 0 Å². The van der Waals surface area contributed by atoms with Gasteiger partial charge in [-0.3, -0.25) is 9.59 Å². The summed E-state index contributed by atoms with van der Waals surface area (Å²) in [7, 11) is -3.55. The number of amides is 1. The third kappa shape index (κ3) is 4.55. The summed E-state index contributed by atoms with van der Waals surface area (Å²) in [5, 5.41) is 17.5. The predicted molar refractivity (Wildman–Crippen MR) is 88.5 cm³/mol. The van der Waals surface area contributed by atoms with Crippen LogP contribution in [0.15, 0.2) is 53.4 Å². The van der Waals surface area contributed by atoms with Crippen LogP contribution in [-0.4, -0.2) is 36.5 Å². The van der Waals surface area contributed by atoms with Gasteiger partial charge in [0.05, 0.1) is 5.56 Å². The summed E-state index contributed by atoms with van der Waals surface area (Å²) in [4.78, 5) is 21.5. The summed E-state index contributed by atoms with van der Waals surface area (Å²) in [6.07, 6.45) is 0.273. The second-order valence-electron chi connectivity index (χ2n) is 5.25. The Morgan fingerprint density at radius 2 is 1.72 bits per heavy atom. The summed E-state index contributed by atoms with van der Waals surface area (Å²) in [5.41, 5.74) is 6.34. The number of carbonyl (C=O) groups excluding carboxylic acids is 1. The van der Waals surface area contributed by atoms with E-state index in [1.165, 1.54) is 24.3 Å².